The van der Waals surface area contributed by atoms with Crippen molar-refractivity contribution < 1.29 is 18.7 Å². The molecule has 0 saturated carbocycles. The number of rotatable bonds is 3. The van der Waals surface area contributed by atoms with Crippen molar-refractivity contribution in [2.24, 2.45) is 4.99 Å². The van der Waals surface area contributed by atoms with Gasteiger partial charge in [-0.25, -0.2) is 14.2 Å². The lowest BCUT2D eigenvalue weighted by Gasteiger charge is -2.00. The van der Waals surface area contributed by atoms with Crippen molar-refractivity contribution in [1.82, 2.24) is 0 Å². The van der Waals surface area contributed by atoms with Crippen LogP contribution in [0.1, 0.15) is 11.1 Å². The Labute approximate surface area is 126 Å². The van der Waals surface area contributed by atoms with Gasteiger partial charge in [-0.1, -0.05) is 12.1 Å². The second-order valence-electron chi connectivity index (χ2n) is 4.62. The topological polar surface area (TPSA) is 47.9 Å². The number of benzene rings is 2. The van der Waals surface area contributed by atoms with E-state index in [1.165, 1.54) is 24.3 Å². The quantitative estimate of drug-likeness (QED) is 0.646. The second kappa shape index (κ2) is 5.81. The third-order valence-corrected chi connectivity index (χ3v) is 3.11. The number of nitrogens with zero attached hydrogens (tertiary/aromatic N) is 1. The monoisotopic (exact) mass is 297 g/mol. The highest BCUT2D eigenvalue weighted by Crippen LogP contribution is 2.21. The average molecular weight is 297 g/mol. The van der Waals surface area contributed by atoms with Crippen LogP contribution in [0.2, 0.25) is 0 Å². The first-order valence-electron chi connectivity index (χ1n) is 6.58. The van der Waals surface area contributed by atoms with Gasteiger partial charge in [-0.2, -0.15) is 0 Å². The standard InChI is InChI=1S/C17H12FNO3/c1-21-14-4-2-3-11(9-14)10-15-17(20)22-16(19-15)12-5-7-13(18)8-6-12/h2-10H,1H3/b15-10+. The lowest BCUT2D eigenvalue weighted by atomic mass is 10.2. The maximum Gasteiger partial charge on any atom is 0.363 e. The molecule has 0 aromatic heterocycles. The molecule has 0 spiro atoms. The van der Waals surface area contributed by atoms with Gasteiger partial charge in [0.05, 0.1) is 7.11 Å². The highest BCUT2D eigenvalue weighted by molar-refractivity contribution is 6.12. The van der Waals surface area contributed by atoms with Gasteiger partial charge in [-0.15, -0.1) is 0 Å². The lowest BCUT2D eigenvalue weighted by Crippen LogP contribution is -2.05. The molecule has 0 N–H and O–H groups in total. The van der Waals surface area contributed by atoms with Crippen molar-refractivity contribution in [3.63, 3.8) is 0 Å². The smallest absolute Gasteiger partial charge is 0.363 e. The Kier molecular flexibility index (Phi) is 3.70. The summed E-state index contributed by atoms with van der Waals surface area (Å²) in [7, 11) is 1.57. The highest BCUT2D eigenvalue weighted by atomic mass is 19.1. The molecule has 2 aromatic rings. The Hall–Kier alpha value is -2.95. The van der Waals surface area contributed by atoms with E-state index in [9.17, 15) is 9.18 Å². The maximum absolute atomic E-state index is 12.9. The van der Waals surface area contributed by atoms with Crippen molar-refractivity contribution in [3.05, 3.63) is 71.2 Å². The molecule has 0 atom stereocenters. The minimum atomic E-state index is -0.540. The van der Waals surface area contributed by atoms with Gasteiger partial charge in [-0.05, 0) is 48.0 Å². The Morgan fingerprint density at radius 2 is 1.95 bits per heavy atom. The first-order valence-corrected chi connectivity index (χ1v) is 6.58. The number of ether oxygens (including phenoxy) is 2. The second-order valence-corrected chi connectivity index (χ2v) is 4.62. The van der Waals surface area contributed by atoms with Gasteiger partial charge in [0.15, 0.2) is 5.70 Å². The molecule has 1 aliphatic heterocycles. The van der Waals surface area contributed by atoms with E-state index < -0.39 is 5.97 Å². The molecule has 5 heteroatoms. The zero-order chi connectivity index (χ0) is 15.5. The normalized spacial score (nSPS) is 15.6. The number of carbonyl (C=O) groups is 1. The largest absolute Gasteiger partial charge is 0.497 e. The number of halogens is 1. The van der Waals surface area contributed by atoms with Crippen LogP contribution in [0.3, 0.4) is 0 Å². The molecule has 0 unspecified atom stereocenters. The minimum Gasteiger partial charge on any atom is -0.497 e. The van der Waals surface area contributed by atoms with Crippen molar-refractivity contribution in [1.29, 1.82) is 0 Å². The average Bonchev–Trinajstić information content (AvgIpc) is 2.89. The van der Waals surface area contributed by atoms with E-state index in [0.717, 1.165) is 5.56 Å². The summed E-state index contributed by atoms with van der Waals surface area (Å²) in [5, 5.41) is 0. The molecule has 0 aliphatic carbocycles. The van der Waals surface area contributed by atoms with E-state index in [1.807, 2.05) is 18.2 Å². The summed E-state index contributed by atoms with van der Waals surface area (Å²) in [6, 6.07) is 12.8. The summed E-state index contributed by atoms with van der Waals surface area (Å²) in [4.78, 5) is 16.0. The van der Waals surface area contributed by atoms with Gasteiger partial charge >= 0.3 is 5.97 Å². The number of esters is 1. The minimum absolute atomic E-state index is 0.166. The molecule has 1 aliphatic rings. The van der Waals surface area contributed by atoms with Crippen molar-refractivity contribution in [2.45, 2.75) is 0 Å². The summed E-state index contributed by atoms with van der Waals surface area (Å²) in [5.74, 6) is -0.0504. The van der Waals surface area contributed by atoms with Gasteiger partial charge in [0.2, 0.25) is 5.90 Å². The predicted molar refractivity (Wildman–Crippen MR) is 80.0 cm³/mol. The van der Waals surface area contributed by atoms with Crippen LogP contribution in [0.25, 0.3) is 6.08 Å². The van der Waals surface area contributed by atoms with E-state index in [-0.39, 0.29) is 17.4 Å². The molecule has 4 nitrogen and oxygen atoms in total. The fourth-order valence-electron chi connectivity index (χ4n) is 2.01. The van der Waals surface area contributed by atoms with Crippen LogP contribution in [-0.2, 0) is 9.53 Å². The predicted octanol–water partition coefficient (Wildman–Crippen LogP) is 3.18. The fraction of sp³-hybridized carbons (Fsp3) is 0.0588. The summed E-state index contributed by atoms with van der Waals surface area (Å²) < 4.78 is 23.2. The van der Waals surface area contributed by atoms with Crippen LogP contribution in [0.5, 0.6) is 5.75 Å². The number of hydrogen-bond acceptors (Lipinski definition) is 4. The van der Waals surface area contributed by atoms with E-state index in [2.05, 4.69) is 4.99 Å². The van der Waals surface area contributed by atoms with Gasteiger partial charge in [0.25, 0.3) is 0 Å². The van der Waals surface area contributed by atoms with Gasteiger partial charge < -0.3 is 9.47 Å². The molecule has 0 bridgehead atoms. The van der Waals surface area contributed by atoms with Crippen LogP contribution in [0, 0.1) is 5.82 Å². The van der Waals surface area contributed by atoms with Crippen LogP contribution in [0.15, 0.2) is 59.2 Å². The number of aliphatic imine (C=N–C) groups is 1. The van der Waals surface area contributed by atoms with Crippen molar-refractivity contribution >= 4 is 17.9 Å². The van der Waals surface area contributed by atoms with Crippen LogP contribution < -0.4 is 4.74 Å². The van der Waals surface area contributed by atoms with Crippen LogP contribution in [0.4, 0.5) is 4.39 Å². The van der Waals surface area contributed by atoms with Gasteiger partial charge in [0, 0.05) is 5.56 Å². The lowest BCUT2D eigenvalue weighted by molar-refractivity contribution is -0.129. The van der Waals surface area contributed by atoms with Crippen molar-refractivity contribution in [3.8, 4) is 5.75 Å². The summed E-state index contributed by atoms with van der Waals surface area (Å²) in [5.41, 5.74) is 1.51. The molecule has 2 aromatic carbocycles. The Bertz CT molecular complexity index is 779. The molecule has 0 radical (unpaired) electrons. The summed E-state index contributed by atoms with van der Waals surface area (Å²) in [6.45, 7) is 0. The zero-order valence-corrected chi connectivity index (χ0v) is 11.7. The number of carbonyl (C=O) groups excluding carboxylic acids is 1. The molecule has 0 amide bonds. The summed E-state index contributed by atoms with van der Waals surface area (Å²) in [6.07, 6.45) is 1.61. The maximum atomic E-state index is 12.9. The van der Waals surface area contributed by atoms with E-state index >= 15 is 0 Å². The van der Waals surface area contributed by atoms with E-state index in [4.69, 9.17) is 9.47 Å². The Morgan fingerprint density at radius 3 is 2.68 bits per heavy atom. The third kappa shape index (κ3) is 2.88. The number of methoxy groups -OCH3 is 1. The molecular formula is C17H12FNO3. The molecule has 110 valence electrons. The number of cyclic esters (lactones) is 1. The van der Waals surface area contributed by atoms with Gasteiger partial charge in [-0.3, -0.25) is 0 Å². The molecule has 1 heterocycles. The molecule has 0 fully saturated rings. The molecule has 3 rings (SSSR count). The Morgan fingerprint density at radius 1 is 1.18 bits per heavy atom. The SMILES string of the molecule is COc1cccc(/C=C2/N=C(c3ccc(F)cc3)OC2=O)c1. The van der Waals surface area contributed by atoms with Crippen LogP contribution in [-0.4, -0.2) is 19.0 Å². The highest BCUT2D eigenvalue weighted by Gasteiger charge is 2.24. The Balaban J connectivity index is 1.92. The van der Waals surface area contributed by atoms with Crippen LogP contribution >= 0.6 is 0 Å². The first kappa shape index (κ1) is 14.0. The summed E-state index contributed by atoms with van der Waals surface area (Å²) >= 11 is 0. The van der Waals surface area contributed by atoms with E-state index in [0.29, 0.717) is 11.3 Å². The van der Waals surface area contributed by atoms with Crippen molar-refractivity contribution in [2.75, 3.05) is 7.11 Å². The molecular weight excluding hydrogens is 285 g/mol. The fourth-order valence-corrected chi connectivity index (χ4v) is 2.01. The zero-order valence-electron chi connectivity index (χ0n) is 11.7. The first-order chi connectivity index (χ1) is 10.7. The third-order valence-electron chi connectivity index (χ3n) is 3.11. The van der Waals surface area contributed by atoms with E-state index in [1.54, 1.807) is 19.3 Å². The number of hydrogen-bond donors (Lipinski definition) is 0. The van der Waals surface area contributed by atoms with Gasteiger partial charge in [0.1, 0.15) is 11.6 Å². The molecule has 22 heavy (non-hydrogen) atoms. The molecule has 0 saturated heterocycles.